The normalized spacial score (nSPS) is 16.8. The number of carbonyl (C=O) groups is 3. The highest BCUT2D eigenvalue weighted by Gasteiger charge is 2.47. The average molecular weight is 358 g/mol. The summed E-state index contributed by atoms with van der Waals surface area (Å²) in [7, 11) is 1.43. The zero-order chi connectivity index (χ0) is 19.0. The number of benzene rings is 1. The van der Waals surface area contributed by atoms with Crippen LogP contribution in [0.3, 0.4) is 0 Å². The summed E-state index contributed by atoms with van der Waals surface area (Å²) in [6.07, 6.45) is -5.32. The number of ether oxygens (including phenoxy) is 1. The van der Waals surface area contributed by atoms with E-state index in [9.17, 15) is 27.6 Å². The van der Waals surface area contributed by atoms with Crippen molar-refractivity contribution in [1.29, 1.82) is 0 Å². The molecule has 1 saturated heterocycles. The quantitative estimate of drug-likeness (QED) is 0.829. The van der Waals surface area contributed by atoms with Gasteiger partial charge in [-0.05, 0) is 31.5 Å². The number of imide groups is 1. The van der Waals surface area contributed by atoms with Crippen LogP contribution in [0.25, 0.3) is 0 Å². The van der Waals surface area contributed by atoms with E-state index in [1.165, 1.54) is 37.9 Å². The van der Waals surface area contributed by atoms with Gasteiger partial charge in [-0.2, -0.15) is 13.2 Å². The number of carbonyl (C=O) groups excluding carboxylic acids is 3. The Balaban J connectivity index is 1.99. The summed E-state index contributed by atoms with van der Waals surface area (Å²) in [6.45, 7) is 2.39. The average Bonchev–Trinajstić information content (AvgIpc) is 2.68. The lowest BCUT2D eigenvalue weighted by molar-refractivity contribution is -0.139. The van der Waals surface area contributed by atoms with Gasteiger partial charge in [0.2, 0.25) is 5.91 Å². The summed E-state index contributed by atoms with van der Waals surface area (Å²) >= 11 is 0. The highest BCUT2D eigenvalue weighted by Crippen LogP contribution is 2.29. The zero-order valence-corrected chi connectivity index (χ0v) is 13.9. The summed E-state index contributed by atoms with van der Waals surface area (Å²) in [5.74, 6) is -1.16. The van der Waals surface area contributed by atoms with Gasteiger partial charge < -0.3 is 9.64 Å². The van der Waals surface area contributed by atoms with E-state index in [-0.39, 0.29) is 6.54 Å². The van der Waals surface area contributed by atoms with Crippen molar-refractivity contribution in [3.8, 4) is 0 Å². The molecular formula is C16H17F3N2O4. The van der Waals surface area contributed by atoms with Gasteiger partial charge in [-0.15, -0.1) is 0 Å². The maximum absolute atomic E-state index is 12.5. The molecule has 25 heavy (non-hydrogen) atoms. The Bertz CT molecular complexity index is 698. The van der Waals surface area contributed by atoms with Crippen LogP contribution in [0.15, 0.2) is 24.3 Å². The van der Waals surface area contributed by atoms with Crippen molar-refractivity contribution in [2.45, 2.75) is 32.2 Å². The first kappa shape index (κ1) is 18.8. The van der Waals surface area contributed by atoms with Crippen LogP contribution in [0.5, 0.6) is 0 Å². The fourth-order valence-electron chi connectivity index (χ4n) is 2.28. The van der Waals surface area contributed by atoms with E-state index in [0.717, 1.165) is 12.1 Å². The minimum atomic E-state index is -4.43. The van der Waals surface area contributed by atoms with Gasteiger partial charge in [-0.25, -0.2) is 9.69 Å². The molecule has 2 rings (SSSR count). The Morgan fingerprint density at radius 2 is 1.76 bits per heavy atom. The van der Waals surface area contributed by atoms with Crippen LogP contribution in [0.1, 0.15) is 25.0 Å². The van der Waals surface area contributed by atoms with Gasteiger partial charge in [-0.3, -0.25) is 9.59 Å². The van der Waals surface area contributed by atoms with Gasteiger partial charge in [-0.1, -0.05) is 12.1 Å². The van der Waals surface area contributed by atoms with E-state index in [1.54, 1.807) is 0 Å². The lowest BCUT2D eigenvalue weighted by Gasteiger charge is -2.20. The highest BCUT2D eigenvalue weighted by molar-refractivity contribution is 6.04. The van der Waals surface area contributed by atoms with Crippen LogP contribution in [0.4, 0.5) is 18.0 Å². The number of halogens is 3. The molecule has 0 unspecified atom stereocenters. The molecule has 0 spiro atoms. The van der Waals surface area contributed by atoms with E-state index in [2.05, 4.69) is 0 Å². The molecule has 0 atom stereocenters. The van der Waals surface area contributed by atoms with Crippen molar-refractivity contribution in [2.75, 3.05) is 13.6 Å². The first-order valence-corrected chi connectivity index (χ1v) is 7.37. The largest absolute Gasteiger partial charge is 0.433 e. The Morgan fingerprint density at radius 1 is 1.20 bits per heavy atom. The van der Waals surface area contributed by atoms with Crippen molar-refractivity contribution >= 4 is 17.9 Å². The van der Waals surface area contributed by atoms with Crippen molar-refractivity contribution in [3.63, 3.8) is 0 Å². The highest BCUT2D eigenvalue weighted by atomic mass is 19.4. The molecule has 0 radical (unpaired) electrons. The van der Waals surface area contributed by atoms with Crippen LogP contribution in [0, 0.1) is 0 Å². The predicted molar refractivity (Wildman–Crippen MR) is 80.2 cm³/mol. The summed E-state index contributed by atoms with van der Waals surface area (Å²) in [6, 6.07) is 4.39. The summed E-state index contributed by atoms with van der Waals surface area (Å²) in [5, 5.41) is 0. The van der Waals surface area contributed by atoms with Gasteiger partial charge in [0, 0.05) is 13.6 Å². The van der Waals surface area contributed by atoms with Gasteiger partial charge in [0.25, 0.3) is 5.91 Å². The molecule has 1 aromatic rings. The molecule has 1 fully saturated rings. The number of alkyl halides is 3. The maximum atomic E-state index is 12.5. The molecule has 6 nitrogen and oxygen atoms in total. The fourth-order valence-corrected chi connectivity index (χ4v) is 2.28. The Kier molecular flexibility index (Phi) is 4.79. The van der Waals surface area contributed by atoms with E-state index >= 15 is 0 Å². The molecular weight excluding hydrogens is 341 g/mol. The molecule has 0 aliphatic carbocycles. The molecule has 3 amide bonds. The van der Waals surface area contributed by atoms with E-state index < -0.39 is 41.8 Å². The smallest absolute Gasteiger partial charge is 0.418 e. The predicted octanol–water partition coefficient (Wildman–Crippen LogP) is 2.42. The van der Waals surface area contributed by atoms with Crippen molar-refractivity contribution < 1.29 is 32.3 Å². The van der Waals surface area contributed by atoms with Crippen LogP contribution < -0.4 is 0 Å². The standard InChI is InChI=1S/C16H17F3N2O4/c1-15(2)13(23)21(14(24)25-15)9-12(22)20(3)8-10-4-6-11(7-5-10)16(17,18)19/h4-7H,8-9H2,1-3H3. The van der Waals surface area contributed by atoms with Gasteiger partial charge in [0.05, 0.1) is 5.56 Å². The lowest BCUT2D eigenvalue weighted by Crippen LogP contribution is -2.43. The van der Waals surface area contributed by atoms with Crippen LogP contribution >= 0.6 is 0 Å². The van der Waals surface area contributed by atoms with E-state index in [1.807, 2.05) is 0 Å². The first-order valence-electron chi connectivity index (χ1n) is 7.37. The number of likely N-dealkylation sites (N-methyl/N-ethyl adjacent to an activating group) is 1. The minimum Gasteiger partial charge on any atom is -0.433 e. The summed E-state index contributed by atoms with van der Waals surface area (Å²) < 4.78 is 42.5. The third-order valence-corrected chi connectivity index (χ3v) is 3.74. The molecule has 136 valence electrons. The number of rotatable bonds is 4. The number of nitrogens with zero attached hydrogens (tertiary/aromatic N) is 2. The second-order valence-corrected chi connectivity index (χ2v) is 6.21. The third-order valence-electron chi connectivity index (χ3n) is 3.74. The van der Waals surface area contributed by atoms with Gasteiger partial charge in [0.15, 0.2) is 5.60 Å². The molecule has 0 aromatic heterocycles. The molecule has 0 N–H and O–H groups in total. The van der Waals surface area contributed by atoms with Gasteiger partial charge >= 0.3 is 12.3 Å². The van der Waals surface area contributed by atoms with Crippen LogP contribution in [0.2, 0.25) is 0 Å². The third kappa shape index (κ3) is 4.09. The first-order chi connectivity index (χ1) is 11.4. The SMILES string of the molecule is CN(Cc1ccc(C(F)(F)F)cc1)C(=O)CN1C(=O)OC(C)(C)C1=O. The minimum absolute atomic E-state index is 0.0391. The zero-order valence-electron chi connectivity index (χ0n) is 13.9. The van der Waals surface area contributed by atoms with Crippen molar-refractivity contribution in [1.82, 2.24) is 9.80 Å². The summed E-state index contributed by atoms with van der Waals surface area (Å²) in [4.78, 5) is 37.7. The van der Waals surface area contributed by atoms with Crippen LogP contribution in [-0.4, -0.2) is 46.9 Å². The van der Waals surface area contributed by atoms with E-state index in [0.29, 0.717) is 10.5 Å². The topological polar surface area (TPSA) is 66.9 Å². The van der Waals surface area contributed by atoms with Crippen LogP contribution in [-0.2, 0) is 27.0 Å². The fraction of sp³-hybridized carbons (Fsp3) is 0.438. The second kappa shape index (κ2) is 6.38. The van der Waals surface area contributed by atoms with Crippen molar-refractivity contribution in [3.05, 3.63) is 35.4 Å². The molecule has 1 aromatic carbocycles. The number of hydrogen-bond donors (Lipinski definition) is 0. The molecule has 1 aliphatic rings. The molecule has 0 bridgehead atoms. The second-order valence-electron chi connectivity index (χ2n) is 6.21. The molecule has 0 saturated carbocycles. The number of hydrogen-bond acceptors (Lipinski definition) is 4. The Labute approximate surface area is 142 Å². The van der Waals surface area contributed by atoms with E-state index in [4.69, 9.17) is 4.74 Å². The molecule has 9 heteroatoms. The Hall–Kier alpha value is -2.58. The maximum Gasteiger partial charge on any atom is 0.418 e. The van der Waals surface area contributed by atoms with Crippen molar-refractivity contribution in [2.24, 2.45) is 0 Å². The monoisotopic (exact) mass is 358 g/mol. The number of cyclic esters (lactones) is 1. The molecule has 1 heterocycles. The molecule has 1 aliphatic heterocycles. The number of amides is 3. The Morgan fingerprint density at radius 3 is 2.20 bits per heavy atom. The summed E-state index contributed by atoms with van der Waals surface area (Å²) in [5.41, 5.74) is -1.61. The van der Waals surface area contributed by atoms with Gasteiger partial charge in [0.1, 0.15) is 6.54 Å². The lowest BCUT2D eigenvalue weighted by atomic mass is 10.1.